The second-order valence-corrected chi connectivity index (χ2v) is 22.4. The maximum absolute atomic E-state index is 7.13. The van der Waals surface area contributed by atoms with Crippen molar-refractivity contribution >= 4 is 29.0 Å². The summed E-state index contributed by atoms with van der Waals surface area (Å²) in [5, 5.41) is 0. The summed E-state index contributed by atoms with van der Waals surface area (Å²) in [5.74, 6) is 1.79. The highest BCUT2D eigenvalue weighted by Crippen LogP contribution is 2.46. The molecule has 0 saturated heterocycles. The Bertz CT molecular complexity index is 2750. The molecule has 0 fully saturated rings. The molecule has 3 heteroatoms. The third kappa shape index (κ3) is 9.26. The van der Waals surface area contributed by atoms with Crippen LogP contribution in [0.25, 0.3) is 44.5 Å². The lowest BCUT2D eigenvalue weighted by Gasteiger charge is -2.35. The second-order valence-electron chi connectivity index (χ2n) is 22.4. The Balaban J connectivity index is 1.37. The minimum atomic E-state index is 0.0118. The van der Waals surface area contributed by atoms with Gasteiger partial charge in [0.2, 0.25) is 6.71 Å². The third-order valence-corrected chi connectivity index (χ3v) is 13.4. The van der Waals surface area contributed by atoms with Gasteiger partial charge in [0.15, 0.2) is 0 Å². The molecular weight excluding hydrogens is 785 g/mol. The van der Waals surface area contributed by atoms with E-state index in [-0.39, 0.29) is 28.4 Å². The normalized spacial score (nSPS) is 12.9. The molecule has 330 valence electrons. The molecule has 0 aromatic heterocycles. The Kier molecular flexibility index (Phi) is 11.9. The summed E-state index contributed by atoms with van der Waals surface area (Å²) in [6.45, 7) is 34.9. The van der Waals surface area contributed by atoms with Crippen molar-refractivity contribution in [2.75, 3.05) is 11.4 Å². The van der Waals surface area contributed by atoms with E-state index >= 15 is 0 Å². The lowest BCUT2D eigenvalue weighted by Crippen LogP contribution is -2.46. The molecular formula is C62H68BNO. The first-order valence-electron chi connectivity index (χ1n) is 23.6. The van der Waals surface area contributed by atoms with E-state index in [2.05, 4.69) is 247 Å². The van der Waals surface area contributed by atoms with Crippen molar-refractivity contribution in [3.8, 4) is 56.0 Å². The largest absolute Gasteiger partial charge is 0.458 e. The first kappa shape index (κ1) is 45.5. The van der Waals surface area contributed by atoms with Crippen molar-refractivity contribution in [1.29, 1.82) is 0 Å². The van der Waals surface area contributed by atoms with E-state index in [0.717, 1.165) is 34.0 Å². The number of fused-ring (bicyclic) bond motifs is 2. The maximum atomic E-state index is 7.13. The van der Waals surface area contributed by atoms with E-state index in [1.165, 1.54) is 66.6 Å². The van der Waals surface area contributed by atoms with Gasteiger partial charge in [-0.2, -0.15) is 0 Å². The van der Waals surface area contributed by atoms with Crippen molar-refractivity contribution in [2.24, 2.45) is 0 Å². The van der Waals surface area contributed by atoms with E-state index in [1.807, 2.05) is 6.08 Å². The zero-order valence-electron chi connectivity index (χ0n) is 41.3. The van der Waals surface area contributed by atoms with Gasteiger partial charge in [-0.25, -0.2) is 0 Å². The fourth-order valence-corrected chi connectivity index (χ4v) is 9.28. The topological polar surface area (TPSA) is 12.5 Å². The Morgan fingerprint density at radius 3 is 1.45 bits per heavy atom. The van der Waals surface area contributed by atoms with Crippen molar-refractivity contribution in [2.45, 2.75) is 112 Å². The van der Waals surface area contributed by atoms with Gasteiger partial charge in [-0.3, -0.25) is 0 Å². The molecule has 1 aliphatic rings. The summed E-state index contributed by atoms with van der Waals surface area (Å²) < 4.78 is 7.13. The summed E-state index contributed by atoms with van der Waals surface area (Å²) in [6.07, 6.45) is 2.04. The molecule has 0 saturated carbocycles. The van der Waals surface area contributed by atoms with E-state index in [0.29, 0.717) is 6.54 Å². The molecule has 8 rings (SSSR count). The van der Waals surface area contributed by atoms with Crippen LogP contribution in [-0.2, 0) is 21.7 Å². The van der Waals surface area contributed by atoms with Crippen LogP contribution in [0.2, 0.25) is 6.82 Å². The molecule has 1 aliphatic heterocycles. The second kappa shape index (κ2) is 17.1. The van der Waals surface area contributed by atoms with Crippen LogP contribution in [0.4, 0.5) is 11.4 Å². The van der Waals surface area contributed by atoms with E-state index in [9.17, 15) is 0 Å². The molecule has 0 atom stereocenters. The predicted octanol–water partition coefficient (Wildman–Crippen LogP) is 16.2. The van der Waals surface area contributed by atoms with Gasteiger partial charge in [-0.1, -0.05) is 223 Å². The van der Waals surface area contributed by atoms with Crippen molar-refractivity contribution in [3.05, 3.63) is 181 Å². The molecule has 0 amide bonds. The molecule has 1 heterocycles. The average molecular weight is 854 g/mol. The van der Waals surface area contributed by atoms with Gasteiger partial charge >= 0.3 is 0 Å². The summed E-state index contributed by atoms with van der Waals surface area (Å²) >= 11 is 0. The van der Waals surface area contributed by atoms with Crippen LogP contribution in [-0.4, -0.2) is 13.3 Å². The third-order valence-electron chi connectivity index (χ3n) is 13.4. The van der Waals surface area contributed by atoms with Crippen molar-refractivity contribution in [1.82, 2.24) is 0 Å². The Labute approximate surface area is 391 Å². The summed E-state index contributed by atoms with van der Waals surface area (Å²) in [6, 6.07) is 54.5. The van der Waals surface area contributed by atoms with Crippen molar-refractivity contribution in [3.63, 3.8) is 0 Å². The van der Waals surface area contributed by atoms with E-state index < -0.39 is 0 Å². The highest BCUT2D eigenvalue weighted by Gasteiger charge is 2.34. The molecule has 65 heavy (non-hydrogen) atoms. The molecule has 0 aliphatic carbocycles. The van der Waals surface area contributed by atoms with Gasteiger partial charge in [0.1, 0.15) is 11.5 Å². The van der Waals surface area contributed by atoms with Crippen LogP contribution in [0.15, 0.2) is 158 Å². The SMILES string of the molecule is C=CCN(c1cc(-c2ccccc2)cc2c1B(C)c1cc(-c3cc(C(C)(C)C)cc(C(C)(C)C)c3)ccc1O2)c1c(-c2ccc(C(C)(C)C)cc2)cccc1-c1ccc(C(C)(C)C)cc1. The number of para-hydroxylation sites is 1. The van der Waals surface area contributed by atoms with Crippen LogP contribution < -0.4 is 20.6 Å². The molecule has 7 aromatic rings. The minimum Gasteiger partial charge on any atom is -0.458 e. The maximum Gasteiger partial charge on any atom is 0.218 e. The van der Waals surface area contributed by atoms with Gasteiger partial charge in [0.25, 0.3) is 0 Å². The van der Waals surface area contributed by atoms with Crippen LogP contribution in [0.5, 0.6) is 11.5 Å². The molecule has 7 aromatic carbocycles. The smallest absolute Gasteiger partial charge is 0.218 e. The van der Waals surface area contributed by atoms with E-state index in [4.69, 9.17) is 4.74 Å². The first-order valence-corrected chi connectivity index (χ1v) is 23.6. The lowest BCUT2D eigenvalue weighted by molar-refractivity contribution is 0.487. The number of hydrogen-bond donors (Lipinski definition) is 0. The summed E-state index contributed by atoms with van der Waals surface area (Å²) in [5.41, 5.74) is 19.4. The van der Waals surface area contributed by atoms with Crippen LogP contribution in [0.3, 0.4) is 0 Å². The quantitative estimate of drug-likeness (QED) is 0.112. The fraction of sp³-hybridized carbons (Fsp3) is 0.290. The number of rotatable bonds is 8. The summed E-state index contributed by atoms with van der Waals surface area (Å²) in [4.78, 5) is 2.51. The van der Waals surface area contributed by atoms with Crippen LogP contribution >= 0.6 is 0 Å². The molecule has 0 radical (unpaired) electrons. The zero-order valence-corrected chi connectivity index (χ0v) is 41.3. The van der Waals surface area contributed by atoms with E-state index in [1.54, 1.807) is 0 Å². The summed E-state index contributed by atoms with van der Waals surface area (Å²) in [7, 11) is 0. The standard InChI is InChI=1S/C62H68BNO/c1-15-34-64(58-51(42-24-29-47(30-25-42)59(2,3)4)22-19-23-52(58)43-26-31-48(32-27-43)60(5,6)7)54-38-46(41-20-17-16-18-21-41)39-56-57(54)63(14)53-37-44(28-33-55(53)65-56)45-35-49(61(8,9)10)40-50(36-45)62(11,12)13/h15-33,35-40H,1,34H2,2-14H3. The highest BCUT2D eigenvalue weighted by molar-refractivity contribution is 6.87. The number of hydrogen-bond acceptors (Lipinski definition) is 2. The highest BCUT2D eigenvalue weighted by atomic mass is 16.5. The number of nitrogens with zero attached hydrogens (tertiary/aromatic N) is 1. The van der Waals surface area contributed by atoms with Gasteiger partial charge in [0, 0.05) is 23.4 Å². The molecule has 2 nitrogen and oxygen atoms in total. The lowest BCUT2D eigenvalue weighted by atomic mass is 9.40. The number of ether oxygens (including phenoxy) is 1. The molecule has 0 unspecified atom stereocenters. The van der Waals surface area contributed by atoms with Gasteiger partial charge in [-0.05, 0) is 106 Å². The Morgan fingerprint density at radius 1 is 0.462 bits per heavy atom. The van der Waals surface area contributed by atoms with Crippen molar-refractivity contribution < 1.29 is 4.74 Å². The zero-order chi connectivity index (χ0) is 46.6. The molecule has 0 spiro atoms. The molecule has 0 bridgehead atoms. The Hall–Kier alpha value is -6.06. The average Bonchev–Trinajstić information content (AvgIpc) is 3.26. The number of benzene rings is 7. The predicted molar refractivity (Wildman–Crippen MR) is 284 cm³/mol. The van der Waals surface area contributed by atoms with Gasteiger partial charge in [-0.15, -0.1) is 6.58 Å². The fourth-order valence-electron chi connectivity index (χ4n) is 9.28. The monoisotopic (exact) mass is 854 g/mol. The van der Waals surface area contributed by atoms with Gasteiger partial charge < -0.3 is 9.64 Å². The molecule has 0 N–H and O–H groups in total. The minimum absolute atomic E-state index is 0.0118. The number of anilines is 2. The van der Waals surface area contributed by atoms with Gasteiger partial charge in [0.05, 0.1) is 5.69 Å². The first-order chi connectivity index (χ1) is 30.6. The van der Waals surface area contributed by atoms with Crippen LogP contribution in [0, 0.1) is 0 Å². The Morgan fingerprint density at radius 2 is 0.954 bits per heavy atom. The van der Waals surface area contributed by atoms with Crippen LogP contribution in [0.1, 0.15) is 105 Å².